The summed E-state index contributed by atoms with van der Waals surface area (Å²) in [5.41, 5.74) is 5.46. The number of carbonyl (C=O) groups excluding carboxylic acids is 1. The lowest BCUT2D eigenvalue weighted by molar-refractivity contribution is 0.0710. The van der Waals surface area contributed by atoms with Crippen LogP contribution in [0.1, 0.15) is 45.6 Å². The zero-order valence-corrected chi connectivity index (χ0v) is 14.6. The largest absolute Gasteiger partial charge is 0.440 e. The molecule has 1 aromatic carbocycles. The van der Waals surface area contributed by atoms with E-state index in [-0.39, 0.29) is 11.8 Å². The number of carbonyl (C=O) groups is 1. The second kappa shape index (κ2) is 6.02. The van der Waals surface area contributed by atoms with E-state index in [0.29, 0.717) is 0 Å². The van der Waals surface area contributed by atoms with Gasteiger partial charge in [-0.05, 0) is 38.3 Å². The van der Waals surface area contributed by atoms with Crippen molar-refractivity contribution in [3.63, 3.8) is 0 Å². The second-order valence-corrected chi connectivity index (χ2v) is 7.16. The lowest BCUT2D eigenvalue weighted by Crippen LogP contribution is -2.37. The maximum atomic E-state index is 12.6. The molecule has 0 N–H and O–H groups in total. The van der Waals surface area contributed by atoms with Crippen LogP contribution >= 0.6 is 11.3 Å². The van der Waals surface area contributed by atoms with Crippen LogP contribution in [0.4, 0.5) is 0 Å². The fraction of sp³-hybridized carbons (Fsp3) is 0.389. The van der Waals surface area contributed by atoms with Gasteiger partial charge in [-0.25, -0.2) is 9.97 Å². The van der Waals surface area contributed by atoms with E-state index in [1.807, 2.05) is 36.9 Å². The molecule has 1 saturated heterocycles. The number of likely N-dealkylation sites (tertiary alicyclic amines) is 1. The first kappa shape index (κ1) is 15.3. The van der Waals surface area contributed by atoms with Crippen molar-refractivity contribution in [2.75, 3.05) is 13.1 Å². The third-order valence-electron chi connectivity index (χ3n) is 4.70. The van der Waals surface area contributed by atoms with Gasteiger partial charge >= 0.3 is 0 Å². The molecule has 3 aromatic rings. The van der Waals surface area contributed by atoms with Crippen LogP contribution in [0.25, 0.3) is 11.1 Å². The number of piperidine rings is 1. The van der Waals surface area contributed by atoms with E-state index in [9.17, 15) is 4.79 Å². The Morgan fingerprint density at radius 3 is 2.75 bits per heavy atom. The number of amides is 1. The molecule has 0 spiro atoms. The molecule has 0 atom stereocenters. The van der Waals surface area contributed by atoms with Gasteiger partial charge in [-0.2, -0.15) is 0 Å². The number of nitrogens with zero attached hydrogens (tertiary/aromatic N) is 3. The Kier molecular flexibility index (Phi) is 3.84. The highest BCUT2D eigenvalue weighted by molar-refractivity contribution is 7.11. The van der Waals surface area contributed by atoms with Crippen LogP contribution in [0.2, 0.25) is 0 Å². The van der Waals surface area contributed by atoms with E-state index in [0.717, 1.165) is 59.1 Å². The Balaban J connectivity index is 1.48. The zero-order chi connectivity index (χ0) is 16.7. The van der Waals surface area contributed by atoms with E-state index in [1.165, 1.54) is 11.3 Å². The fourth-order valence-corrected chi connectivity index (χ4v) is 4.03. The zero-order valence-electron chi connectivity index (χ0n) is 13.8. The second-order valence-electron chi connectivity index (χ2n) is 6.31. The Hall–Kier alpha value is -2.21. The van der Waals surface area contributed by atoms with Crippen molar-refractivity contribution >= 4 is 28.3 Å². The molecule has 24 heavy (non-hydrogen) atoms. The van der Waals surface area contributed by atoms with Crippen LogP contribution in [-0.4, -0.2) is 33.9 Å². The standard InChI is InChI=1S/C18H19N3O2S/c1-11-4-3-5-14-15(11)23-17(20-14)13-6-8-21(9-7-13)18(22)16-12(2)19-10-24-16/h3-5,10,13H,6-9H2,1-2H3. The molecule has 0 bridgehead atoms. The van der Waals surface area contributed by atoms with Gasteiger partial charge < -0.3 is 9.32 Å². The number of oxazole rings is 1. The highest BCUT2D eigenvalue weighted by Crippen LogP contribution is 2.31. The molecule has 124 valence electrons. The summed E-state index contributed by atoms with van der Waals surface area (Å²) in [5, 5.41) is 0. The Bertz CT molecular complexity index is 891. The van der Waals surface area contributed by atoms with Crippen LogP contribution < -0.4 is 0 Å². The van der Waals surface area contributed by atoms with Crippen molar-refractivity contribution in [1.82, 2.24) is 14.9 Å². The molecule has 0 aliphatic carbocycles. The van der Waals surface area contributed by atoms with Crippen LogP contribution in [-0.2, 0) is 0 Å². The number of hydrogen-bond acceptors (Lipinski definition) is 5. The molecule has 0 unspecified atom stereocenters. The summed E-state index contributed by atoms with van der Waals surface area (Å²) < 4.78 is 6.00. The Morgan fingerprint density at radius 1 is 1.29 bits per heavy atom. The minimum Gasteiger partial charge on any atom is -0.440 e. The monoisotopic (exact) mass is 341 g/mol. The number of aryl methyl sites for hydroxylation is 2. The lowest BCUT2D eigenvalue weighted by atomic mass is 9.96. The summed E-state index contributed by atoms with van der Waals surface area (Å²) in [5.74, 6) is 1.19. The highest BCUT2D eigenvalue weighted by atomic mass is 32.1. The van der Waals surface area contributed by atoms with Crippen LogP contribution in [0.15, 0.2) is 28.1 Å². The van der Waals surface area contributed by atoms with E-state index >= 15 is 0 Å². The molecular weight excluding hydrogens is 322 g/mol. The summed E-state index contributed by atoms with van der Waals surface area (Å²) >= 11 is 1.42. The smallest absolute Gasteiger partial charge is 0.265 e. The number of aromatic nitrogens is 2. The van der Waals surface area contributed by atoms with E-state index in [4.69, 9.17) is 4.42 Å². The van der Waals surface area contributed by atoms with Crippen LogP contribution in [0.5, 0.6) is 0 Å². The number of benzene rings is 1. The van der Waals surface area contributed by atoms with Crippen molar-refractivity contribution in [2.45, 2.75) is 32.6 Å². The molecule has 5 nitrogen and oxygen atoms in total. The normalized spacial score (nSPS) is 16.0. The van der Waals surface area contributed by atoms with Gasteiger partial charge in [0.1, 0.15) is 10.4 Å². The maximum absolute atomic E-state index is 12.6. The minimum atomic E-state index is 0.0989. The molecule has 0 saturated carbocycles. The summed E-state index contributed by atoms with van der Waals surface area (Å²) in [4.78, 5) is 24.1. The Morgan fingerprint density at radius 2 is 2.08 bits per heavy atom. The van der Waals surface area contributed by atoms with Gasteiger partial charge in [0.05, 0.1) is 11.2 Å². The first-order valence-corrected chi connectivity index (χ1v) is 9.07. The predicted octanol–water partition coefficient (Wildman–Crippen LogP) is 3.92. The van der Waals surface area contributed by atoms with Crippen LogP contribution in [0, 0.1) is 13.8 Å². The van der Waals surface area contributed by atoms with Gasteiger partial charge in [0.15, 0.2) is 11.5 Å². The lowest BCUT2D eigenvalue weighted by Gasteiger charge is -2.30. The summed E-state index contributed by atoms with van der Waals surface area (Å²) in [7, 11) is 0. The molecule has 1 amide bonds. The number of rotatable bonds is 2. The topological polar surface area (TPSA) is 59.2 Å². The molecule has 1 aliphatic heterocycles. The SMILES string of the molecule is Cc1ncsc1C(=O)N1CCC(c2nc3cccc(C)c3o2)CC1. The average Bonchev–Trinajstić information content (AvgIpc) is 3.21. The van der Waals surface area contributed by atoms with Gasteiger partial charge in [-0.15, -0.1) is 11.3 Å². The van der Waals surface area contributed by atoms with Crippen molar-refractivity contribution < 1.29 is 9.21 Å². The summed E-state index contributed by atoms with van der Waals surface area (Å²) in [6.45, 7) is 5.39. The van der Waals surface area contributed by atoms with E-state index in [2.05, 4.69) is 9.97 Å². The van der Waals surface area contributed by atoms with Crippen molar-refractivity contribution in [3.8, 4) is 0 Å². The Labute approximate surface area is 144 Å². The first-order chi connectivity index (χ1) is 11.6. The van der Waals surface area contributed by atoms with Gasteiger partial charge in [0.25, 0.3) is 5.91 Å². The summed E-state index contributed by atoms with van der Waals surface area (Å²) in [6, 6.07) is 6.03. The quantitative estimate of drug-likeness (QED) is 0.709. The molecule has 6 heteroatoms. The maximum Gasteiger partial charge on any atom is 0.265 e. The summed E-state index contributed by atoms with van der Waals surface area (Å²) in [6.07, 6.45) is 1.77. The number of fused-ring (bicyclic) bond motifs is 1. The van der Waals surface area contributed by atoms with Crippen LogP contribution in [0.3, 0.4) is 0 Å². The van der Waals surface area contributed by atoms with Gasteiger partial charge in [0.2, 0.25) is 0 Å². The fourth-order valence-electron chi connectivity index (χ4n) is 3.26. The molecule has 1 fully saturated rings. The minimum absolute atomic E-state index is 0.0989. The molecular formula is C18H19N3O2S. The van der Waals surface area contributed by atoms with Crippen molar-refractivity contribution in [2.24, 2.45) is 0 Å². The third-order valence-corrected chi connectivity index (χ3v) is 5.62. The third kappa shape index (κ3) is 2.60. The van der Waals surface area contributed by atoms with Crippen molar-refractivity contribution in [3.05, 3.63) is 45.7 Å². The number of hydrogen-bond donors (Lipinski definition) is 0. The molecule has 4 rings (SSSR count). The van der Waals surface area contributed by atoms with E-state index in [1.54, 1.807) is 5.51 Å². The number of para-hydroxylation sites is 1. The predicted molar refractivity (Wildman–Crippen MR) is 93.5 cm³/mol. The van der Waals surface area contributed by atoms with Gasteiger partial charge in [-0.3, -0.25) is 4.79 Å². The molecule has 1 aliphatic rings. The van der Waals surface area contributed by atoms with Gasteiger partial charge in [-0.1, -0.05) is 12.1 Å². The van der Waals surface area contributed by atoms with Crippen molar-refractivity contribution in [1.29, 1.82) is 0 Å². The highest BCUT2D eigenvalue weighted by Gasteiger charge is 2.28. The number of thiazole rings is 1. The molecule has 0 radical (unpaired) electrons. The van der Waals surface area contributed by atoms with E-state index < -0.39 is 0 Å². The average molecular weight is 341 g/mol. The first-order valence-electron chi connectivity index (χ1n) is 8.19. The molecule has 3 heterocycles. The van der Waals surface area contributed by atoms with Gasteiger partial charge in [0, 0.05) is 19.0 Å². The molecule has 2 aromatic heterocycles.